The van der Waals surface area contributed by atoms with Crippen molar-refractivity contribution in [3.63, 3.8) is 0 Å². The van der Waals surface area contributed by atoms with Crippen LogP contribution in [0.2, 0.25) is 0 Å². The molecule has 2 heterocycles. The molecule has 0 saturated carbocycles. The molecule has 4 rings (SSSR count). The number of esters is 1. The topological polar surface area (TPSA) is 40.5 Å². The van der Waals surface area contributed by atoms with Crippen molar-refractivity contribution >= 4 is 16.9 Å². The molecule has 1 saturated heterocycles. The molecule has 0 bridgehead atoms. The van der Waals surface area contributed by atoms with Gasteiger partial charge in [0.25, 0.3) is 0 Å². The van der Waals surface area contributed by atoms with Crippen molar-refractivity contribution in [2.24, 2.45) is 0 Å². The van der Waals surface area contributed by atoms with E-state index in [-0.39, 0.29) is 17.9 Å². The van der Waals surface area contributed by atoms with Crippen LogP contribution in [0.3, 0.4) is 0 Å². The first-order chi connectivity index (χ1) is 13.1. The van der Waals surface area contributed by atoms with Gasteiger partial charge in [0, 0.05) is 17.7 Å². The Balaban J connectivity index is 2.05. The molecule has 27 heavy (non-hydrogen) atoms. The first-order valence-electron chi connectivity index (χ1n) is 9.30. The normalized spacial score (nSPS) is 16.8. The van der Waals surface area contributed by atoms with E-state index in [2.05, 4.69) is 0 Å². The van der Waals surface area contributed by atoms with Gasteiger partial charge in [-0.15, -0.1) is 0 Å². The third-order valence-electron chi connectivity index (χ3n) is 5.03. The summed E-state index contributed by atoms with van der Waals surface area (Å²) in [6, 6.07) is 12.7. The Morgan fingerprint density at radius 2 is 2.11 bits per heavy atom. The minimum atomic E-state index is -0.350. The number of aryl methyl sites for hydroxylation is 1. The van der Waals surface area contributed by atoms with Crippen LogP contribution < -0.4 is 0 Å². The Kier molecular flexibility index (Phi) is 4.70. The third kappa shape index (κ3) is 3.02. The minimum absolute atomic E-state index is 0.192. The van der Waals surface area contributed by atoms with Crippen LogP contribution in [-0.2, 0) is 9.47 Å². The van der Waals surface area contributed by atoms with Gasteiger partial charge >= 0.3 is 5.97 Å². The Hall–Kier alpha value is -2.66. The van der Waals surface area contributed by atoms with Crippen LogP contribution in [0, 0.1) is 12.7 Å². The van der Waals surface area contributed by atoms with Gasteiger partial charge in [-0.25, -0.2) is 9.18 Å². The molecule has 3 aromatic rings. The molecule has 1 aliphatic rings. The van der Waals surface area contributed by atoms with Gasteiger partial charge < -0.3 is 14.0 Å². The Morgan fingerprint density at radius 1 is 1.30 bits per heavy atom. The summed E-state index contributed by atoms with van der Waals surface area (Å²) >= 11 is 0. The van der Waals surface area contributed by atoms with E-state index < -0.39 is 0 Å². The highest BCUT2D eigenvalue weighted by Crippen LogP contribution is 2.39. The van der Waals surface area contributed by atoms with Crippen LogP contribution in [0.25, 0.3) is 16.6 Å². The number of aromatic nitrogens is 1. The number of hydrogen-bond acceptors (Lipinski definition) is 3. The Bertz CT molecular complexity index is 1000. The van der Waals surface area contributed by atoms with Crippen LogP contribution >= 0.6 is 0 Å². The monoisotopic (exact) mass is 367 g/mol. The quantitative estimate of drug-likeness (QED) is 0.602. The predicted octanol–water partition coefficient (Wildman–Crippen LogP) is 5.11. The zero-order valence-corrected chi connectivity index (χ0v) is 15.5. The molecular formula is C22H22FNO3. The summed E-state index contributed by atoms with van der Waals surface area (Å²) in [5.74, 6) is -0.601. The maximum absolute atomic E-state index is 13.9. The number of halogens is 1. The molecular weight excluding hydrogens is 345 g/mol. The van der Waals surface area contributed by atoms with E-state index in [0.717, 1.165) is 35.1 Å². The molecule has 0 spiro atoms. The van der Waals surface area contributed by atoms with Crippen LogP contribution in [0.1, 0.15) is 47.5 Å². The number of para-hydroxylation sites is 1. The van der Waals surface area contributed by atoms with Gasteiger partial charge in [-0.2, -0.15) is 0 Å². The zero-order valence-electron chi connectivity index (χ0n) is 15.5. The van der Waals surface area contributed by atoms with Crippen LogP contribution in [-0.4, -0.2) is 23.8 Å². The van der Waals surface area contributed by atoms with Gasteiger partial charge in [-0.1, -0.05) is 18.2 Å². The van der Waals surface area contributed by atoms with Crippen molar-refractivity contribution in [1.82, 2.24) is 4.57 Å². The second-order valence-electron chi connectivity index (χ2n) is 6.77. The number of rotatable bonds is 4. The number of hydrogen-bond donors (Lipinski definition) is 0. The van der Waals surface area contributed by atoms with Crippen molar-refractivity contribution in [2.75, 3.05) is 13.2 Å². The molecule has 1 unspecified atom stereocenters. The zero-order chi connectivity index (χ0) is 19.0. The smallest absolute Gasteiger partial charge is 0.340 e. The van der Waals surface area contributed by atoms with Crippen LogP contribution in [0.5, 0.6) is 0 Å². The summed E-state index contributed by atoms with van der Waals surface area (Å²) in [4.78, 5) is 12.9. The van der Waals surface area contributed by atoms with Gasteiger partial charge in [0.1, 0.15) is 5.82 Å². The fourth-order valence-electron chi connectivity index (χ4n) is 3.82. The molecule has 1 aliphatic heterocycles. The van der Waals surface area contributed by atoms with Crippen molar-refractivity contribution in [2.45, 2.75) is 32.8 Å². The number of ether oxygens (including phenoxy) is 2. The number of carbonyl (C=O) groups is 1. The van der Waals surface area contributed by atoms with Gasteiger partial charge in [0.05, 0.1) is 29.5 Å². The highest BCUT2D eigenvalue weighted by Gasteiger charge is 2.32. The molecule has 140 valence electrons. The van der Waals surface area contributed by atoms with E-state index in [4.69, 9.17) is 9.47 Å². The largest absolute Gasteiger partial charge is 0.462 e. The minimum Gasteiger partial charge on any atom is -0.462 e. The van der Waals surface area contributed by atoms with Gasteiger partial charge in [0.15, 0.2) is 0 Å². The van der Waals surface area contributed by atoms with Crippen molar-refractivity contribution in [1.29, 1.82) is 0 Å². The fraction of sp³-hybridized carbons (Fsp3) is 0.318. The maximum atomic E-state index is 13.9. The summed E-state index contributed by atoms with van der Waals surface area (Å²) in [5, 5.41) is 0.823. The number of nitrogens with zero attached hydrogens (tertiary/aromatic N) is 1. The van der Waals surface area contributed by atoms with Crippen molar-refractivity contribution < 1.29 is 18.7 Å². The number of fused-ring (bicyclic) bond motifs is 1. The lowest BCUT2D eigenvalue weighted by Crippen LogP contribution is -2.13. The molecule has 0 radical (unpaired) electrons. The second-order valence-corrected chi connectivity index (χ2v) is 6.77. The fourth-order valence-corrected chi connectivity index (χ4v) is 3.82. The second kappa shape index (κ2) is 7.16. The maximum Gasteiger partial charge on any atom is 0.340 e. The summed E-state index contributed by atoms with van der Waals surface area (Å²) in [7, 11) is 0. The molecule has 0 amide bonds. The summed E-state index contributed by atoms with van der Waals surface area (Å²) in [5.41, 5.74) is 3.59. The summed E-state index contributed by atoms with van der Waals surface area (Å²) in [6.07, 6.45) is 1.59. The molecule has 2 aromatic carbocycles. The lowest BCUT2D eigenvalue weighted by molar-refractivity contribution is 0.0515. The first kappa shape index (κ1) is 17.7. The molecule has 1 fully saturated rings. The average Bonchev–Trinajstić information content (AvgIpc) is 3.29. The van der Waals surface area contributed by atoms with E-state index >= 15 is 0 Å². The van der Waals surface area contributed by atoms with E-state index in [1.807, 2.05) is 28.8 Å². The highest BCUT2D eigenvalue weighted by atomic mass is 19.1. The summed E-state index contributed by atoms with van der Waals surface area (Å²) < 4.78 is 27.2. The first-order valence-corrected chi connectivity index (χ1v) is 9.30. The van der Waals surface area contributed by atoms with E-state index in [1.54, 1.807) is 26.0 Å². The standard InChI is InChI=1S/C22H22FNO3/c1-3-26-22(25)20-16-7-4-5-8-18(16)24(21(20)19-9-6-12-27-19)15-10-11-17(23)14(2)13-15/h4-5,7-8,10-11,13,19H,3,6,9,12H2,1-2H3. The Morgan fingerprint density at radius 3 is 2.81 bits per heavy atom. The highest BCUT2D eigenvalue weighted by molar-refractivity contribution is 6.06. The molecule has 1 atom stereocenters. The van der Waals surface area contributed by atoms with Crippen molar-refractivity contribution in [3.05, 3.63) is 65.1 Å². The molecule has 4 nitrogen and oxygen atoms in total. The molecule has 0 N–H and O–H groups in total. The SMILES string of the molecule is CCOC(=O)c1c(C2CCCO2)n(-c2ccc(F)c(C)c2)c2ccccc12. The third-order valence-corrected chi connectivity index (χ3v) is 5.03. The lowest BCUT2D eigenvalue weighted by Gasteiger charge is -2.17. The van der Waals surface area contributed by atoms with E-state index in [9.17, 15) is 9.18 Å². The number of benzene rings is 2. The molecule has 5 heteroatoms. The van der Waals surface area contributed by atoms with Crippen molar-refractivity contribution in [3.8, 4) is 5.69 Å². The summed E-state index contributed by atoms with van der Waals surface area (Å²) in [6.45, 7) is 4.50. The van der Waals surface area contributed by atoms with E-state index in [0.29, 0.717) is 24.3 Å². The van der Waals surface area contributed by atoms with E-state index in [1.165, 1.54) is 6.07 Å². The average molecular weight is 367 g/mol. The Labute approximate surface area is 157 Å². The van der Waals surface area contributed by atoms with Crippen LogP contribution in [0.4, 0.5) is 4.39 Å². The number of carbonyl (C=O) groups excluding carboxylic acids is 1. The predicted molar refractivity (Wildman–Crippen MR) is 102 cm³/mol. The van der Waals surface area contributed by atoms with Gasteiger partial charge in [-0.3, -0.25) is 0 Å². The van der Waals surface area contributed by atoms with Gasteiger partial charge in [0.2, 0.25) is 0 Å². The van der Waals surface area contributed by atoms with Gasteiger partial charge in [-0.05, 0) is 56.5 Å². The lowest BCUT2D eigenvalue weighted by atomic mass is 10.1. The van der Waals surface area contributed by atoms with Crippen LogP contribution in [0.15, 0.2) is 42.5 Å². The molecule has 1 aromatic heterocycles. The molecule has 0 aliphatic carbocycles.